The monoisotopic (exact) mass is 935 g/mol. The Balaban J connectivity index is 0.883. The van der Waals surface area contributed by atoms with Gasteiger partial charge in [-0.15, -0.1) is 0 Å². The van der Waals surface area contributed by atoms with Crippen molar-refractivity contribution in [3.05, 3.63) is 76.4 Å². The first-order valence-electron chi connectivity index (χ1n) is 25.4. The summed E-state index contributed by atoms with van der Waals surface area (Å²) < 4.78 is 31.9. The third kappa shape index (κ3) is 8.02. The summed E-state index contributed by atoms with van der Waals surface area (Å²) in [5.41, 5.74) is 3.91. The van der Waals surface area contributed by atoms with Crippen molar-refractivity contribution in [3.8, 4) is 0 Å². The number of nitrogens with zero attached hydrogens (tertiary/aromatic N) is 2. The zero-order valence-corrected chi connectivity index (χ0v) is 40.5. The van der Waals surface area contributed by atoms with E-state index in [1.165, 1.54) is 18.4 Å². The van der Waals surface area contributed by atoms with Crippen molar-refractivity contribution in [2.75, 3.05) is 13.2 Å². The van der Waals surface area contributed by atoms with Crippen LogP contribution in [0.2, 0.25) is 0 Å². The molecular formula is C54H69N3O11. The largest absolute Gasteiger partial charge is 0.460 e. The first kappa shape index (κ1) is 46.2. The standard InChI is InChI=1S/C54H69N3O11/c1-50(2,3)65-42(59)19-17-36(30-58)55-47(60)39-15-10-22-56(39)49(62)54-28-40-43-44(67-53(66-43)25-34-13-7-8-14-35(34)26-53)46(54)68-57(45(54)48(61)63-40)29-32-12-9-11-31(23-32)24-33-16-18-41-52(6,64-41)21-20-38-37(33)27-51(38,4)5/h7-9,11-14,23-24,36-41,43-46,58H,10,15-22,25-30H2,1-6H3,(H,55,60). The molecule has 366 valence electrons. The highest BCUT2D eigenvalue weighted by molar-refractivity contribution is 5.96. The average molecular weight is 936 g/mol. The van der Waals surface area contributed by atoms with Crippen LogP contribution in [0, 0.1) is 22.7 Å². The summed E-state index contributed by atoms with van der Waals surface area (Å²) in [5.74, 6) is -1.63. The number of benzene rings is 2. The van der Waals surface area contributed by atoms with E-state index < -0.39 is 83.8 Å². The number of ether oxygens (including phenoxy) is 5. The van der Waals surface area contributed by atoms with Gasteiger partial charge >= 0.3 is 11.9 Å². The van der Waals surface area contributed by atoms with Crippen LogP contribution < -0.4 is 5.32 Å². The van der Waals surface area contributed by atoms with Gasteiger partial charge in [-0.05, 0) is 119 Å². The topological polar surface area (TPSA) is 166 Å². The van der Waals surface area contributed by atoms with Crippen LogP contribution in [-0.2, 0) is 67.1 Å². The van der Waals surface area contributed by atoms with E-state index in [0.29, 0.717) is 55.6 Å². The Kier molecular flexibility index (Phi) is 11.4. The average Bonchev–Trinajstić information content (AvgIpc) is 3.80. The summed E-state index contributed by atoms with van der Waals surface area (Å²) in [7, 11) is 0. The predicted molar refractivity (Wildman–Crippen MR) is 248 cm³/mol. The number of hydroxylamine groups is 2. The van der Waals surface area contributed by atoms with E-state index in [9.17, 15) is 19.5 Å². The Morgan fingerprint density at radius 2 is 1.74 bits per heavy atom. The van der Waals surface area contributed by atoms with E-state index in [4.69, 9.17) is 28.5 Å². The number of nitrogens with one attached hydrogen (secondary N) is 1. The lowest BCUT2D eigenvalue weighted by Crippen LogP contribution is -2.70. The van der Waals surface area contributed by atoms with Crippen molar-refractivity contribution in [1.29, 1.82) is 0 Å². The molecule has 12 atom stereocenters. The molecule has 3 saturated carbocycles. The van der Waals surface area contributed by atoms with E-state index >= 15 is 4.79 Å². The quantitative estimate of drug-likeness (QED) is 0.207. The maximum absolute atomic E-state index is 15.7. The number of rotatable bonds is 10. The summed E-state index contributed by atoms with van der Waals surface area (Å²) in [6.45, 7) is 12.6. The van der Waals surface area contributed by atoms with Crippen LogP contribution in [0.4, 0.5) is 0 Å². The van der Waals surface area contributed by atoms with Crippen LogP contribution in [-0.4, -0.2) is 118 Å². The lowest BCUT2D eigenvalue weighted by molar-refractivity contribution is -0.218. The Morgan fingerprint density at radius 3 is 2.47 bits per heavy atom. The van der Waals surface area contributed by atoms with Crippen LogP contribution in [0.1, 0.15) is 128 Å². The fourth-order valence-corrected chi connectivity index (χ4v) is 13.9. The number of carbonyl (C=O) groups is 4. The Bertz CT molecular complexity index is 2370. The van der Waals surface area contributed by atoms with E-state index in [1.54, 1.807) is 30.7 Å². The molecule has 5 heterocycles. The second-order valence-corrected chi connectivity index (χ2v) is 23.5. The molecule has 8 fully saturated rings. The van der Waals surface area contributed by atoms with Gasteiger partial charge in [-0.3, -0.25) is 24.0 Å². The molecule has 14 heteroatoms. The van der Waals surface area contributed by atoms with Gasteiger partial charge in [-0.1, -0.05) is 74.0 Å². The number of aliphatic hydroxyl groups is 1. The van der Waals surface area contributed by atoms with Gasteiger partial charge < -0.3 is 39.0 Å². The highest BCUT2D eigenvalue weighted by Gasteiger charge is 2.77. The summed E-state index contributed by atoms with van der Waals surface area (Å²) in [6.07, 6.45) is 7.35. The molecule has 5 aliphatic heterocycles. The fourth-order valence-electron chi connectivity index (χ4n) is 13.9. The number of carbonyl (C=O) groups excluding carboxylic acids is 4. The van der Waals surface area contributed by atoms with Gasteiger partial charge in [0.15, 0.2) is 11.8 Å². The highest BCUT2D eigenvalue weighted by atomic mass is 16.8. The molecule has 0 radical (unpaired) electrons. The molecule has 11 rings (SSSR count). The molecule has 14 nitrogen and oxygen atoms in total. The summed E-state index contributed by atoms with van der Waals surface area (Å²) in [5, 5.41) is 14.9. The van der Waals surface area contributed by atoms with Crippen LogP contribution >= 0.6 is 0 Å². The van der Waals surface area contributed by atoms with Gasteiger partial charge in [0.25, 0.3) is 0 Å². The first-order chi connectivity index (χ1) is 32.4. The van der Waals surface area contributed by atoms with Crippen molar-refractivity contribution >= 4 is 29.8 Å². The normalized spacial score (nSPS) is 37.1. The fraction of sp³-hybridized carbons (Fsp3) is 0.667. The van der Waals surface area contributed by atoms with Crippen LogP contribution in [0.15, 0.2) is 54.1 Å². The lowest BCUT2D eigenvalue weighted by Gasteiger charge is -2.53. The van der Waals surface area contributed by atoms with Crippen molar-refractivity contribution in [2.45, 2.75) is 191 Å². The summed E-state index contributed by atoms with van der Waals surface area (Å²) >= 11 is 0. The van der Waals surface area contributed by atoms with Gasteiger partial charge in [0.2, 0.25) is 11.8 Å². The molecule has 9 aliphatic rings. The molecule has 2 bridgehead atoms. The van der Waals surface area contributed by atoms with E-state index in [1.807, 2.05) is 24.3 Å². The number of esters is 2. The van der Waals surface area contributed by atoms with Crippen LogP contribution in [0.3, 0.4) is 0 Å². The predicted octanol–water partition coefficient (Wildman–Crippen LogP) is 6.13. The number of hydrogen-bond acceptors (Lipinski definition) is 12. The van der Waals surface area contributed by atoms with Crippen molar-refractivity contribution in [2.24, 2.45) is 22.7 Å². The number of likely N-dealkylation sites (tertiary alicyclic amines) is 1. The molecular weight excluding hydrogens is 867 g/mol. The van der Waals surface area contributed by atoms with Gasteiger partial charge in [0, 0.05) is 32.2 Å². The van der Waals surface area contributed by atoms with Crippen LogP contribution in [0.25, 0.3) is 6.08 Å². The molecule has 2 N–H and O–H groups in total. The van der Waals surface area contributed by atoms with Gasteiger partial charge in [0.1, 0.15) is 41.5 Å². The smallest absolute Gasteiger partial charge is 0.327 e. The molecule has 0 aromatic heterocycles. The molecule has 1 spiro atoms. The number of fused-ring (bicyclic) bond motifs is 7. The van der Waals surface area contributed by atoms with E-state index in [-0.39, 0.29) is 37.3 Å². The molecule has 12 unspecified atom stereocenters. The van der Waals surface area contributed by atoms with E-state index in [0.717, 1.165) is 41.5 Å². The number of allylic oxidation sites excluding steroid dienone is 1. The van der Waals surface area contributed by atoms with Crippen molar-refractivity contribution in [1.82, 2.24) is 15.3 Å². The minimum absolute atomic E-state index is 0.00538. The second kappa shape index (κ2) is 16.7. The number of hydrogen-bond donors (Lipinski definition) is 2. The summed E-state index contributed by atoms with van der Waals surface area (Å²) in [4.78, 5) is 65.8. The third-order valence-electron chi connectivity index (χ3n) is 17.2. The number of amides is 2. The molecule has 68 heavy (non-hydrogen) atoms. The third-order valence-corrected chi connectivity index (χ3v) is 17.2. The minimum atomic E-state index is -1.46. The van der Waals surface area contributed by atoms with Gasteiger partial charge in [-0.25, -0.2) is 0 Å². The van der Waals surface area contributed by atoms with Crippen LogP contribution in [0.5, 0.6) is 0 Å². The summed E-state index contributed by atoms with van der Waals surface area (Å²) in [6, 6.07) is 13.8. The van der Waals surface area contributed by atoms with Crippen molar-refractivity contribution in [3.63, 3.8) is 0 Å². The van der Waals surface area contributed by atoms with Gasteiger partial charge in [0.05, 0.1) is 30.9 Å². The zero-order chi connectivity index (χ0) is 47.5. The Labute approximate surface area is 399 Å². The molecule has 5 saturated heterocycles. The molecule has 2 aromatic rings. The molecule has 2 amide bonds. The van der Waals surface area contributed by atoms with Gasteiger partial charge in [-0.2, -0.15) is 5.06 Å². The SMILES string of the molecule is CC(C)(C)OC(=O)CCC(CO)NC(=O)C1CCCN1C(=O)C12CC3OC(=O)C1N(Cc1cccc(C=C4CCC5OC5(C)CCC5C4CC5(C)C)c1)OC2C1OC2(Cc4ccccc4C2)OC31. The lowest BCUT2D eigenvalue weighted by atomic mass is 9.52. The van der Waals surface area contributed by atoms with Crippen molar-refractivity contribution < 1.29 is 52.8 Å². The zero-order valence-electron chi connectivity index (χ0n) is 40.5. The molecule has 2 aromatic carbocycles. The number of aliphatic hydroxyl groups excluding tert-OH is 1. The first-order valence-corrected chi connectivity index (χ1v) is 25.4. The minimum Gasteiger partial charge on any atom is -0.460 e. The maximum Gasteiger partial charge on any atom is 0.327 e. The second-order valence-electron chi connectivity index (χ2n) is 23.5. The van der Waals surface area contributed by atoms with E-state index in [2.05, 4.69) is 56.4 Å². The number of epoxide rings is 1. The Hall–Kier alpha value is -4.18. The maximum atomic E-state index is 15.7. The molecule has 4 aliphatic carbocycles. The Morgan fingerprint density at radius 1 is 0.971 bits per heavy atom. The highest BCUT2D eigenvalue weighted by Crippen LogP contribution is 2.61.